The first-order chi connectivity index (χ1) is 6.49. The first kappa shape index (κ1) is 13.7. The van der Waals surface area contributed by atoms with E-state index in [9.17, 15) is 0 Å². The summed E-state index contributed by atoms with van der Waals surface area (Å²) in [6.07, 6.45) is 6.36. The van der Waals surface area contributed by atoms with Crippen LogP contribution in [0.5, 0.6) is 0 Å². The highest BCUT2D eigenvalue weighted by Crippen LogP contribution is 2.20. The molecule has 0 nitrogen and oxygen atoms in total. The van der Waals surface area contributed by atoms with Crippen LogP contribution in [0.15, 0.2) is 11.6 Å². The van der Waals surface area contributed by atoms with Crippen LogP contribution in [0.3, 0.4) is 0 Å². The maximum absolute atomic E-state index is 2.44. The summed E-state index contributed by atoms with van der Waals surface area (Å²) >= 11 is 0. The van der Waals surface area contributed by atoms with Gasteiger partial charge in [0, 0.05) is 0 Å². The van der Waals surface area contributed by atoms with E-state index in [2.05, 4.69) is 47.6 Å². The van der Waals surface area contributed by atoms with Gasteiger partial charge in [0.05, 0.1) is 0 Å². The highest BCUT2D eigenvalue weighted by atomic mass is 14.1. The zero-order valence-electron chi connectivity index (χ0n) is 10.9. The Bertz CT molecular complexity index is 165. The van der Waals surface area contributed by atoms with Crippen LogP contribution in [-0.4, -0.2) is 0 Å². The van der Waals surface area contributed by atoms with Gasteiger partial charge in [0.15, 0.2) is 0 Å². The van der Waals surface area contributed by atoms with Crippen molar-refractivity contribution in [3.05, 3.63) is 11.6 Å². The molecule has 2 atom stereocenters. The van der Waals surface area contributed by atoms with Crippen LogP contribution >= 0.6 is 0 Å². The lowest BCUT2D eigenvalue weighted by Crippen LogP contribution is -2.05. The fourth-order valence-corrected chi connectivity index (χ4v) is 1.51. The standard InChI is InChI=1S/C14H28/c1-7-12(4)9-8-10-13(5)14(6)11(2)3/h10-12,14H,7-9H2,1-6H3. The second-order valence-corrected chi connectivity index (χ2v) is 5.07. The third kappa shape index (κ3) is 5.47. The van der Waals surface area contributed by atoms with Gasteiger partial charge in [0.25, 0.3) is 0 Å². The quantitative estimate of drug-likeness (QED) is 0.521. The van der Waals surface area contributed by atoms with Gasteiger partial charge in [0.2, 0.25) is 0 Å². The number of hydrogen-bond donors (Lipinski definition) is 0. The Labute approximate surface area is 90.8 Å². The molecule has 0 radical (unpaired) electrons. The lowest BCUT2D eigenvalue weighted by molar-refractivity contribution is 0.474. The van der Waals surface area contributed by atoms with Gasteiger partial charge in [-0.2, -0.15) is 0 Å². The molecule has 0 bridgehead atoms. The summed E-state index contributed by atoms with van der Waals surface area (Å²) in [6.45, 7) is 13.8. The normalized spacial score (nSPS) is 17.2. The maximum atomic E-state index is 2.44. The lowest BCUT2D eigenvalue weighted by atomic mass is 9.90. The fourth-order valence-electron chi connectivity index (χ4n) is 1.51. The minimum absolute atomic E-state index is 0.743. The molecule has 0 N–H and O–H groups in total. The van der Waals surface area contributed by atoms with Gasteiger partial charge in [0.1, 0.15) is 0 Å². The van der Waals surface area contributed by atoms with E-state index >= 15 is 0 Å². The van der Waals surface area contributed by atoms with Crippen molar-refractivity contribution in [3.8, 4) is 0 Å². The summed E-state index contributed by atoms with van der Waals surface area (Å²) in [7, 11) is 0. The fraction of sp³-hybridized carbons (Fsp3) is 0.857. The smallest absolute Gasteiger partial charge is 0.0211 e. The van der Waals surface area contributed by atoms with E-state index in [1.165, 1.54) is 19.3 Å². The third-order valence-electron chi connectivity index (χ3n) is 3.54. The first-order valence-electron chi connectivity index (χ1n) is 6.15. The Hall–Kier alpha value is -0.260. The molecule has 0 saturated heterocycles. The predicted octanol–water partition coefficient (Wildman–Crippen LogP) is 5.05. The van der Waals surface area contributed by atoms with E-state index in [4.69, 9.17) is 0 Å². The van der Waals surface area contributed by atoms with Gasteiger partial charge in [-0.15, -0.1) is 0 Å². The van der Waals surface area contributed by atoms with Crippen molar-refractivity contribution in [1.29, 1.82) is 0 Å². The molecule has 0 aliphatic heterocycles. The molecule has 2 unspecified atom stereocenters. The highest BCUT2D eigenvalue weighted by Gasteiger charge is 2.08. The molecule has 0 heterocycles. The summed E-state index contributed by atoms with van der Waals surface area (Å²) in [4.78, 5) is 0. The van der Waals surface area contributed by atoms with E-state index in [0.29, 0.717) is 0 Å². The lowest BCUT2D eigenvalue weighted by Gasteiger charge is -2.16. The molecule has 0 rings (SSSR count). The average Bonchev–Trinajstić information content (AvgIpc) is 2.15. The van der Waals surface area contributed by atoms with Gasteiger partial charge in [-0.25, -0.2) is 0 Å². The molecule has 0 aromatic carbocycles. The second-order valence-electron chi connectivity index (χ2n) is 5.07. The molecule has 0 aromatic rings. The van der Waals surface area contributed by atoms with E-state index in [1.54, 1.807) is 5.57 Å². The predicted molar refractivity (Wildman–Crippen MR) is 66.4 cm³/mol. The molecule has 0 saturated carbocycles. The maximum Gasteiger partial charge on any atom is -0.0211 e. The molecule has 0 aliphatic carbocycles. The van der Waals surface area contributed by atoms with Gasteiger partial charge in [-0.05, 0) is 37.5 Å². The zero-order valence-corrected chi connectivity index (χ0v) is 10.9. The topological polar surface area (TPSA) is 0 Å². The Balaban J connectivity index is 3.87. The van der Waals surface area contributed by atoms with Crippen LogP contribution in [0, 0.1) is 17.8 Å². The number of allylic oxidation sites excluding steroid dienone is 2. The van der Waals surface area contributed by atoms with Crippen molar-refractivity contribution >= 4 is 0 Å². The minimum Gasteiger partial charge on any atom is -0.0853 e. The Morgan fingerprint density at radius 2 is 1.71 bits per heavy atom. The largest absolute Gasteiger partial charge is 0.0853 e. The Morgan fingerprint density at radius 3 is 2.14 bits per heavy atom. The second kappa shape index (κ2) is 7.09. The molecule has 0 spiro atoms. The van der Waals surface area contributed by atoms with Crippen molar-refractivity contribution < 1.29 is 0 Å². The molecule has 0 aliphatic rings. The summed E-state index contributed by atoms with van der Waals surface area (Å²) < 4.78 is 0. The summed E-state index contributed by atoms with van der Waals surface area (Å²) in [5, 5.41) is 0. The monoisotopic (exact) mass is 196 g/mol. The Morgan fingerprint density at radius 1 is 1.14 bits per heavy atom. The molecular weight excluding hydrogens is 168 g/mol. The molecular formula is C14H28. The van der Waals surface area contributed by atoms with E-state index in [0.717, 1.165) is 17.8 Å². The molecule has 84 valence electrons. The van der Waals surface area contributed by atoms with Crippen molar-refractivity contribution in [3.63, 3.8) is 0 Å². The highest BCUT2D eigenvalue weighted by molar-refractivity contribution is 5.02. The van der Waals surface area contributed by atoms with E-state index in [1.807, 2.05) is 0 Å². The SMILES string of the molecule is CCC(C)CCC=C(C)C(C)C(C)C. The average molecular weight is 196 g/mol. The molecule has 0 aromatic heterocycles. The van der Waals surface area contributed by atoms with Crippen molar-refractivity contribution in [2.45, 2.75) is 60.8 Å². The van der Waals surface area contributed by atoms with E-state index < -0.39 is 0 Å². The first-order valence-corrected chi connectivity index (χ1v) is 6.15. The van der Waals surface area contributed by atoms with Crippen LogP contribution < -0.4 is 0 Å². The number of rotatable bonds is 6. The van der Waals surface area contributed by atoms with Crippen LogP contribution in [-0.2, 0) is 0 Å². The van der Waals surface area contributed by atoms with Crippen molar-refractivity contribution in [2.75, 3.05) is 0 Å². The molecule has 0 amide bonds. The number of hydrogen-bond acceptors (Lipinski definition) is 0. The molecule has 0 heteroatoms. The zero-order chi connectivity index (χ0) is 11.1. The van der Waals surface area contributed by atoms with Crippen LogP contribution in [0.4, 0.5) is 0 Å². The van der Waals surface area contributed by atoms with Gasteiger partial charge >= 0.3 is 0 Å². The van der Waals surface area contributed by atoms with Gasteiger partial charge in [-0.1, -0.05) is 52.7 Å². The van der Waals surface area contributed by atoms with Crippen molar-refractivity contribution in [2.24, 2.45) is 17.8 Å². The van der Waals surface area contributed by atoms with Gasteiger partial charge < -0.3 is 0 Å². The molecule has 0 fully saturated rings. The molecule has 14 heavy (non-hydrogen) atoms. The Kier molecular flexibility index (Phi) is 6.96. The summed E-state index contributed by atoms with van der Waals surface area (Å²) in [5.41, 5.74) is 1.57. The van der Waals surface area contributed by atoms with Crippen LogP contribution in [0.2, 0.25) is 0 Å². The third-order valence-corrected chi connectivity index (χ3v) is 3.54. The summed E-state index contributed by atoms with van der Waals surface area (Å²) in [6, 6.07) is 0. The van der Waals surface area contributed by atoms with E-state index in [-0.39, 0.29) is 0 Å². The van der Waals surface area contributed by atoms with Crippen molar-refractivity contribution in [1.82, 2.24) is 0 Å². The minimum atomic E-state index is 0.743. The summed E-state index contributed by atoms with van der Waals surface area (Å²) in [5.74, 6) is 2.40. The van der Waals surface area contributed by atoms with Gasteiger partial charge in [-0.3, -0.25) is 0 Å². The van der Waals surface area contributed by atoms with Crippen LogP contribution in [0.1, 0.15) is 60.8 Å². The van der Waals surface area contributed by atoms with Crippen LogP contribution in [0.25, 0.3) is 0 Å².